The minimum atomic E-state index is 0.238. The molecule has 3 aliphatic rings. The summed E-state index contributed by atoms with van der Waals surface area (Å²) in [6, 6.07) is 6.86. The van der Waals surface area contributed by atoms with E-state index in [1.807, 2.05) is 12.1 Å². The second-order valence-corrected chi connectivity index (χ2v) is 6.64. The van der Waals surface area contributed by atoms with Crippen molar-refractivity contribution in [3.63, 3.8) is 0 Å². The van der Waals surface area contributed by atoms with Crippen LogP contribution in [-0.4, -0.2) is 6.04 Å². The third kappa shape index (κ3) is 1.56. The van der Waals surface area contributed by atoms with Crippen LogP contribution in [0.2, 0.25) is 10.0 Å². The molecule has 0 radical (unpaired) electrons. The van der Waals surface area contributed by atoms with E-state index in [9.17, 15) is 0 Å². The van der Waals surface area contributed by atoms with Gasteiger partial charge in [-0.1, -0.05) is 29.3 Å². The van der Waals surface area contributed by atoms with Crippen molar-refractivity contribution >= 4 is 23.2 Å². The normalized spacial score (nSPS) is 39.2. The Labute approximate surface area is 111 Å². The molecule has 17 heavy (non-hydrogen) atoms. The molecule has 1 N–H and O–H groups in total. The molecule has 1 aliphatic heterocycles. The van der Waals surface area contributed by atoms with E-state index < -0.39 is 0 Å². The lowest BCUT2D eigenvalue weighted by atomic mass is 10.0. The van der Waals surface area contributed by atoms with Crippen molar-refractivity contribution in [3.8, 4) is 0 Å². The molecule has 0 amide bonds. The molecule has 3 unspecified atom stereocenters. The molecule has 0 spiro atoms. The van der Waals surface area contributed by atoms with Crippen molar-refractivity contribution in [2.75, 3.05) is 0 Å². The van der Waals surface area contributed by atoms with E-state index in [-0.39, 0.29) is 5.54 Å². The van der Waals surface area contributed by atoms with E-state index >= 15 is 0 Å². The Balaban J connectivity index is 1.64. The number of piperidine rings is 1. The lowest BCUT2D eigenvalue weighted by Crippen LogP contribution is -2.34. The van der Waals surface area contributed by atoms with E-state index in [2.05, 4.69) is 11.4 Å². The Kier molecular flexibility index (Phi) is 2.13. The van der Waals surface area contributed by atoms with Crippen molar-refractivity contribution < 1.29 is 0 Å². The summed E-state index contributed by atoms with van der Waals surface area (Å²) in [5, 5.41) is 5.20. The molecule has 0 bridgehead atoms. The number of fused-ring (bicyclic) bond motifs is 1. The summed E-state index contributed by atoms with van der Waals surface area (Å²) in [6.07, 6.45) is 5.46. The first kappa shape index (κ1) is 10.7. The van der Waals surface area contributed by atoms with E-state index in [1.165, 1.54) is 31.2 Å². The molecule has 2 aliphatic carbocycles. The molecule has 1 heterocycles. The van der Waals surface area contributed by atoms with Crippen LogP contribution in [-0.2, 0) is 5.54 Å². The molecule has 3 atom stereocenters. The minimum Gasteiger partial charge on any atom is -0.304 e. The van der Waals surface area contributed by atoms with Gasteiger partial charge in [-0.2, -0.15) is 0 Å². The highest BCUT2D eigenvalue weighted by molar-refractivity contribution is 6.42. The Bertz CT molecular complexity index is 483. The summed E-state index contributed by atoms with van der Waals surface area (Å²) in [7, 11) is 0. The second-order valence-electron chi connectivity index (χ2n) is 5.83. The summed E-state index contributed by atoms with van der Waals surface area (Å²) in [5.41, 5.74) is 1.57. The first-order valence-corrected chi connectivity index (χ1v) is 7.18. The highest BCUT2D eigenvalue weighted by Gasteiger charge is 2.62. The van der Waals surface area contributed by atoms with Gasteiger partial charge in [0.25, 0.3) is 0 Å². The molecular formula is C14H15Cl2N. The first-order valence-electron chi connectivity index (χ1n) is 6.42. The van der Waals surface area contributed by atoms with Crippen LogP contribution in [0.5, 0.6) is 0 Å². The van der Waals surface area contributed by atoms with Crippen molar-refractivity contribution in [2.45, 2.75) is 37.3 Å². The van der Waals surface area contributed by atoms with Crippen molar-refractivity contribution in [1.82, 2.24) is 5.32 Å². The molecular weight excluding hydrogens is 253 g/mol. The van der Waals surface area contributed by atoms with Crippen LogP contribution in [0.25, 0.3) is 0 Å². The van der Waals surface area contributed by atoms with Gasteiger partial charge in [0.1, 0.15) is 0 Å². The van der Waals surface area contributed by atoms with Crippen LogP contribution in [0.4, 0.5) is 0 Å². The SMILES string of the molecule is Clc1ccc(C23CC2CC(C2CC2)N3)cc1Cl. The highest BCUT2D eigenvalue weighted by atomic mass is 35.5. The largest absolute Gasteiger partial charge is 0.304 e. The van der Waals surface area contributed by atoms with Gasteiger partial charge in [0.2, 0.25) is 0 Å². The fraction of sp³-hybridized carbons (Fsp3) is 0.571. The number of hydrogen-bond acceptors (Lipinski definition) is 1. The van der Waals surface area contributed by atoms with Gasteiger partial charge >= 0.3 is 0 Å². The Morgan fingerprint density at radius 2 is 2.00 bits per heavy atom. The Morgan fingerprint density at radius 1 is 1.18 bits per heavy atom. The molecule has 3 heteroatoms. The molecule has 3 fully saturated rings. The molecule has 1 saturated heterocycles. The number of nitrogens with one attached hydrogen (secondary N) is 1. The average molecular weight is 268 g/mol. The lowest BCUT2D eigenvalue weighted by molar-refractivity contribution is 0.439. The molecule has 0 aromatic heterocycles. The lowest BCUT2D eigenvalue weighted by Gasteiger charge is -2.20. The maximum absolute atomic E-state index is 6.12. The van der Waals surface area contributed by atoms with Gasteiger partial charge in [-0.15, -0.1) is 0 Å². The van der Waals surface area contributed by atoms with Gasteiger partial charge in [0.05, 0.1) is 10.0 Å². The van der Waals surface area contributed by atoms with E-state index in [0.717, 1.165) is 17.9 Å². The van der Waals surface area contributed by atoms with Gasteiger partial charge in [-0.25, -0.2) is 0 Å². The predicted molar refractivity (Wildman–Crippen MR) is 70.5 cm³/mol. The smallest absolute Gasteiger partial charge is 0.0595 e. The van der Waals surface area contributed by atoms with Gasteiger partial charge in [-0.05, 0) is 55.2 Å². The van der Waals surface area contributed by atoms with Gasteiger partial charge in [0.15, 0.2) is 0 Å². The molecule has 1 nitrogen and oxygen atoms in total. The predicted octanol–water partition coefficient (Wildman–Crippen LogP) is 3.98. The van der Waals surface area contributed by atoms with Crippen LogP contribution in [0.15, 0.2) is 18.2 Å². The third-order valence-electron chi connectivity index (χ3n) is 4.71. The summed E-state index contributed by atoms with van der Waals surface area (Å²) in [5.74, 6) is 1.77. The van der Waals surface area contributed by atoms with Gasteiger partial charge in [-0.3, -0.25) is 0 Å². The van der Waals surface area contributed by atoms with Crippen LogP contribution in [0, 0.1) is 11.8 Å². The second kappa shape index (κ2) is 3.40. The van der Waals surface area contributed by atoms with Crippen LogP contribution >= 0.6 is 23.2 Å². The Hall–Kier alpha value is -0.240. The van der Waals surface area contributed by atoms with E-state index in [1.54, 1.807) is 0 Å². The number of hydrogen-bond donors (Lipinski definition) is 1. The summed E-state index contributed by atoms with van der Waals surface area (Å²) in [6.45, 7) is 0. The Morgan fingerprint density at radius 3 is 2.71 bits per heavy atom. The highest BCUT2D eigenvalue weighted by Crippen LogP contribution is 2.61. The zero-order chi connectivity index (χ0) is 11.6. The van der Waals surface area contributed by atoms with Gasteiger partial charge in [0, 0.05) is 11.6 Å². The maximum Gasteiger partial charge on any atom is 0.0595 e. The van der Waals surface area contributed by atoms with Crippen molar-refractivity contribution in [2.24, 2.45) is 11.8 Å². The molecule has 1 aromatic carbocycles. The summed E-state index contributed by atoms with van der Waals surface area (Å²) in [4.78, 5) is 0. The molecule has 1 aromatic rings. The van der Waals surface area contributed by atoms with Crippen molar-refractivity contribution in [3.05, 3.63) is 33.8 Å². The van der Waals surface area contributed by atoms with Crippen LogP contribution in [0.3, 0.4) is 0 Å². The minimum absolute atomic E-state index is 0.238. The number of rotatable bonds is 2. The van der Waals surface area contributed by atoms with Gasteiger partial charge < -0.3 is 5.32 Å². The van der Waals surface area contributed by atoms with Crippen LogP contribution < -0.4 is 5.32 Å². The summed E-state index contributed by atoms with van der Waals surface area (Å²) >= 11 is 12.1. The quantitative estimate of drug-likeness (QED) is 0.855. The maximum atomic E-state index is 6.12. The third-order valence-corrected chi connectivity index (χ3v) is 5.45. The molecule has 4 rings (SSSR count). The fourth-order valence-electron chi connectivity index (χ4n) is 3.51. The zero-order valence-corrected chi connectivity index (χ0v) is 11.1. The summed E-state index contributed by atoms with van der Waals surface area (Å²) < 4.78 is 0. The first-order chi connectivity index (χ1) is 8.19. The molecule has 90 valence electrons. The van der Waals surface area contributed by atoms with Crippen molar-refractivity contribution in [1.29, 1.82) is 0 Å². The average Bonchev–Trinajstić information content (AvgIpc) is 3.22. The fourth-order valence-corrected chi connectivity index (χ4v) is 3.80. The topological polar surface area (TPSA) is 12.0 Å². The van der Waals surface area contributed by atoms with Crippen LogP contribution in [0.1, 0.15) is 31.2 Å². The molecule has 2 saturated carbocycles. The standard InChI is InChI=1S/C14H15Cl2N/c15-11-4-3-9(5-12(11)16)14-7-10(14)6-13(17-14)8-1-2-8/h3-5,8,10,13,17H,1-2,6-7H2. The monoisotopic (exact) mass is 267 g/mol. The number of halogens is 2. The number of benzene rings is 1. The van der Waals surface area contributed by atoms with E-state index in [4.69, 9.17) is 23.2 Å². The zero-order valence-electron chi connectivity index (χ0n) is 9.55. The van der Waals surface area contributed by atoms with E-state index in [0.29, 0.717) is 10.0 Å².